The van der Waals surface area contributed by atoms with Crippen LogP contribution in [0.3, 0.4) is 0 Å². The van der Waals surface area contributed by atoms with Gasteiger partial charge in [-0.2, -0.15) is 4.98 Å². The summed E-state index contributed by atoms with van der Waals surface area (Å²) < 4.78 is 5.15. The third kappa shape index (κ3) is 7.39. The highest BCUT2D eigenvalue weighted by Gasteiger charge is 2.37. The average molecular weight is 549 g/mol. The molecule has 1 saturated heterocycles. The Labute approximate surface area is 240 Å². The Kier molecular flexibility index (Phi) is 10.5. The number of aromatic nitrogens is 2. The molecule has 0 bridgehead atoms. The van der Waals surface area contributed by atoms with Crippen molar-refractivity contribution in [3.63, 3.8) is 0 Å². The quantitative estimate of drug-likeness (QED) is 0.297. The minimum Gasteiger partial charge on any atom is -0.480 e. The average Bonchev–Trinajstić information content (AvgIpc) is 2.95. The highest BCUT2D eigenvalue weighted by molar-refractivity contribution is 5.92. The van der Waals surface area contributed by atoms with Crippen LogP contribution in [0.25, 0.3) is 0 Å². The Balaban J connectivity index is 1.52. The normalized spacial score (nSPS) is 24.7. The first-order chi connectivity index (χ1) is 19.3. The summed E-state index contributed by atoms with van der Waals surface area (Å²) in [6.07, 6.45) is 13.9. The van der Waals surface area contributed by atoms with Gasteiger partial charge in [-0.3, -0.25) is 20.1 Å². The number of benzene rings is 1. The molecule has 2 heterocycles. The van der Waals surface area contributed by atoms with Crippen LogP contribution < -0.4 is 10.1 Å². The molecule has 2 aromatic rings. The molecule has 1 saturated carbocycles. The number of ether oxygens (including phenoxy) is 1. The van der Waals surface area contributed by atoms with E-state index in [0.717, 1.165) is 44.4 Å². The third-order valence-corrected chi connectivity index (χ3v) is 9.35. The van der Waals surface area contributed by atoms with Crippen molar-refractivity contribution in [2.75, 3.05) is 39.6 Å². The molecule has 8 heteroatoms. The molecule has 1 amide bonds. The van der Waals surface area contributed by atoms with Gasteiger partial charge in [0.15, 0.2) is 5.82 Å². The molecule has 2 fully saturated rings. The van der Waals surface area contributed by atoms with Crippen molar-refractivity contribution >= 4 is 17.6 Å². The summed E-state index contributed by atoms with van der Waals surface area (Å²) in [6.45, 7) is 3.37. The van der Waals surface area contributed by atoms with Crippen molar-refractivity contribution in [1.29, 1.82) is 5.41 Å². The second kappa shape index (κ2) is 14.1. The number of carbonyl (C=O) groups is 1. The Morgan fingerprint density at radius 2 is 1.88 bits per heavy atom. The molecule has 2 N–H and O–H groups in total. The number of methoxy groups -OCH3 is 1. The summed E-state index contributed by atoms with van der Waals surface area (Å²) in [5.74, 6) is 2.60. The maximum absolute atomic E-state index is 14.0. The van der Waals surface area contributed by atoms with Crippen molar-refractivity contribution < 1.29 is 9.53 Å². The summed E-state index contributed by atoms with van der Waals surface area (Å²) in [7, 11) is 5.96. The predicted octanol–water partition coefficient (Wildman–Crippen LogP) is 5.96. The van der Waals surface area contributed by atoms with Gasteiger partial charge in [-0.15, -0.1) is 0 Å². The van der Waals surface area contributed by atoms with Crippen LogP contribution >= 0.6 is 0 Å². The standard InChI is InChI=1S/C32H48N6O2/c1-24-26(21-25-11-8-12-25)13-9-17-32(37(2)3,27-14-6-5-7-15-27)18-10-19-38(31(24)39)20-16-28(33)35-29-22-34-23-30(36-29)40-4/h5-7,14-15,22-26H,8-13,16-21H2,1-4H3,(H2,33,35,36)/t24?,26?,32-/m1/s1. The zero-order valence-electron chi connectivity index (χ0n) is 24.9. The van der Waals surface area contributed by atoms with Crippen LogP contribution in [0.4, 0.5) is 5.82 Å². The lowest BCUT2D eigenvalue weighted by Crippen LogP contribution is -2.43. The molecular weight excluding hydrogens is 500 g/mol. The van der Waals surface area contributed by atoms with Gasteiger partial charge in [0.2, 0.25) is 11.8 Å². The molecule has 218 valence electrons. The van der Waals surface area contributed by atoms with Crippen molar-refractivity contribution in [1.82, 2.24) is 19.8 Å². The molecule has 0 spiro atoms. The van der Waals surface area contributed by atoms with Crippen molar-refractivity contribution in [2.24, 2.45) is 17.8 Å². The second-order valence-electron chi connectivity index (χ2n) is 12.0. The number of nitrogens with zero attached hydrogens (tertiary/aromatic N) is 4. The van der Waals surface area contributed by atoms with Crippen molar-refractivity contribution in [3.05, 3.63) is 48.3 Å². The second-order valence-corrected chi connectivity index (χ2v) is 12.0. The summed E-state index contributed by atoms with van der Waals surface area (Å²) in [5.41, 5.74) is 1.32. The van der Waals surface area contributed by atoms with Gasteiger partial charge < -0.3 is 15.0 Å². The van der Waals surface area contributed by atoms with Gasteiger partial charge >= 0.3 is 0 Å². The van der Waals surface area contributed by atoms with Gasteiger partial charge in [0.25, 0.3) is 0 Å². The van der Waals surface area contributed by atoms with E-state index in [0.29, 0.717) is 43.0 Å². The summed E-state index contributed by atoms with van der Waals surface area (Å²) in [5, 5.41) is 11.6. The Morgan fingerprint density at radius 3 is 2.55 bits per heavy atom. The van der Waals surface area contributed by atoms with Crippen molar-refractivity contribution in [3.8, 4) is 5.88 Å². The maximum atomic E-state index is 14.0. The first kappa shape index (κ1) is 30.0. The number of rotatable bonds is 9. The molecule has 1 aliphatic heterocycles. The fourth-order valence-electron chi connectivity index (χ4n) is 6.61. The first-order valence-corrected chi connectivity index (χ1v) is 15.0. The number of hydrogen-bond donors (Lipinski definition) is 2. The fourth-order valence-corrected chi connectivity index (χ4v) is 6.61. The third-order valence-electron chi connectivity index (χ3n) is 9.35. The number of carbonyl (C=O) groups excluding carboxylic acids is 1. The van der Waals surface area contributed by atoms with Gasteiger partial charge in [-0.1, -0.05) is 62.9 Å². The molecule has 40 heavy (non-hydrogen) atoms. The topological polar surface area (TPSA) is 94.4 Å². The SMILES string of the molecule is COc1cncc(NC(=N)CCN2CCC[C@](c3ccccc3)(N(C)C)CCCC(CC3CCC3)C(C)C2=O)n1. The van der Waals surface area contributed by atoms with E-state index in [1.54, 1.807) is 13.3 Å². The fraction of sp³-hybridized carbons (Fsp3) is 0.625. The van der Waals surface area contributed by atoms with Crippen LogP contribution in [-0.4, -0.2) is 65.8 Å². The lowest BCUT2D eigenvalue weighted by molar-refractivity contribution is -0.137. The minimum atomic E-state index is -0.0517. The number of amidine groups is 1. The Hall–Kier alpha value is -3.00. The van der Waals surface area contributed by atoms with E-state index >= 15 is 0 Å². The van der Waals surface area contributed by atoms with Crippen LogP contribution in [0.15, 0.2) is 42.7 Å². The van der Waals surface area contributed by atoms with Crippen molar-refractivity contribution in [2.45, 2.75) is 76.7 Å². The molecule has 2 unspecified atom stereocenters. The van der Waals surface area contributed by atoms with Gasteiger partial charge in [0, 0.05) is 31.0 Å². The lowest BCUT2D eigenvalue weighted by atomic mass is 9.73. The van der Waals surface area contributed by atoms with Crippen LogP contribution in [0.2, 0.25) is 0 Å². The van der Waals surface area contributed by atoms with Gasteiger partial charge in [-0.25, -0.2) is 0 Å². The number of amides is 1. The smallest absolute Gasteiger partial charge is 0.233 e. The van der Waals surface area contributed by atoms with Gasteiger partial charge in [0.1, 0.15) is 5.84 Å². The maximum Gasteiger partial charge on any atom is 0.233 e. The van der Waals surface area contributed by atoms with E-state index in [-0.39, 0.29) is 17.4 Å². The van der Waals surface area contributed by atoms with E-state index in [2.05, 4.69) is 71.5 Å². The van der Waals surface area contributed by atoms with E-state index in [1.807, 2.05) is 4.90 Å². The predicted molar refractivity (Wildman–Crippen MR) is 161 cm³/mol. The first-order valence-electron chi connectivity index (χ1n) is 15.0. The summed E-state index contributed by atoms with van der Waals surface area (Å²) in [4.78, 5) is 26.8. The number of nitrogens with one attached hydrogen (secondary N) is 2. The Bertz CT molecular complexity index is 1110. The number of hydrogen-bond acceptors (Lipinski definition) is 6. The van der Waals surface area contributed by atoms with Crippen LogP contribution in [-0.2, 0) is 10.3 Å². The van der Waals surface area contributed by atoms with E-state index in [1.165, 1.54) is 31.0 Å². The van der Waals surface area contributed by atoms with E-state index < -0.39 is 0 Å². The van der Waals surface area contributed by atoms with E-state index in [9.17, 15) is 4.79 Å². The minimum absolute atomic E-state index is 0.00410. The lowest BCUT2D eigenvalue weighted by Gasteiger charge is -2.41. The molecular formula is C32H48N6O2. The zero-order chi connectivity index (χ0) is 28.5. The number of anilines is 1. The summed E-state index contributed by atoms with van der Waals surface area (Å²) >= 11 is 0. The Morgan fingerprint density at radius 1 is 1.12 bits per heavy atom. The molecule has 1 aromatic heterocycles. The van der Waals surface area contributed by atoms with E-state index in [4.69, 9.17) is 10.1 Å². The molecule has 1 aromatic carbocycles. The highest BCUT2D eigenvalue weighted by Crippen LogP contribution is 2.41. The van der Waals surface area contributed by atoms with Crippen LogP contribution in [0.1, 0.15) is 76.7 Å². The molecule has 1 aliphatic carbocycles. The molecule has 0 radical (unpaired) electrons. The molecule has 3 atom stereocenters. The molecule has 8 nitrogen and oxygen atoms in total. The summed E-state index contributed by atoms with van der Waals surface area (Å²) in [6, 6.07) is 10.9. The molecule has 2 aliphatic rings. The zero-order valence-corrected chi connectivity index (χ0v) is 24.9. The largest absolute Gasteiger partial charge is 0.480 e. The monoisotopic (exact) mass is 548 g/mol. The van der Waals surface area contributed by atoms with Gasteiger partial charge in [-0.05, 0) is 63.6 Å². The van der Waals surface area contributed by atoms with Crippen LogP contribution in [0, 0.1) is 23.2 Å². The van der Waals surface area contributed by atoms with Crippen LogP contribution in [0.5, 0.6) is 5.88 Å². The highest BCUT2D eigenvalue weighted by atomic mass is 16.5. The molecule has 4 rings (SSSR count). The van der Waals surface area contributed by atoms with Gasteiger partial charge in [0.05, 0.1) is 19.5 Å².